The number of rotatable bonds is 3. The van der Waals surface area contributed by atoms with Crippen LogP contribution in [0.3, 0.4) is 0 Å². The summed E-state index contributed by atoms with van der Waals surface area (Å²) in [6, 6.07) is 10.8. The van der Waals surface area contributed by atoms with Crippen molar-refractivity contribution in [1.82, 2.24) is 4.98 Å². The summed E-state index contributed by atoms with van der Waals surface area (Å²) in [5.41, 5.74) is 10.1. The first-order chi connectivity index (χ1) is 12.0. The van der Waals surface area contributed by atoms with Crippen molar-refractivity contribution in [3.63, 3.8) is 0 Å². The Morgan fingerprint density at radius 2 is 1.84 bits per heavy atom. The third-order valence-electron chi connectivity index (χ3n) is 5.27. The smallest absolute Gasteiger partial charge is 0.160 e. The Labute approximate surface area is 153 Å². The zero-order valence-electron chi connectivity index (χ0n) is 13.7. The number of hydrogen-bond donors (Lipinski definition) is 2. The highest BCUT2D eigenvalue weighted by molar-refractivity contribution is 9.10. The standard InChI is InChI=1S/C20H19BrF2N2/c21-13-5-3-12(4-6-13)7-9-20(24)8-1-2-14-15-10-16(22)17(23)11-18(15)25-19(14)20/h3-6,10-11,25H,1-2,7-9,24H2. The molecule has 1 aliphatic rings. The molecule has 25 heavy (non-hydrogen) atoms. The van der Waals surface area contributed by atoms with Crippen LogP contribution >= 0.6 is 15.9 Å². The van der Waals surface area contributed by atoms with Crippen molar-refractivity contribution >= 4 is 26.8 Å². The number of H-pyrrole nitrogens is 1. The van der Waals surface area contributed by atoms with Crippen LogP contribution in [0.4, 0.5) is 8.78 Å². The second kappa shape index (κ2) is 6.22. The van der Waals surface area contributed by atoms with E-state index in [1.807, 2.05) is 12.1 Å². The average molecular weight is 405 g/mol. The molecule has 0 amide bonds. The fourth-order valence-corrected chi connectivity index (χ4v) is 4.17. The van der Waals surface area contributed by atoms with Gasteiger partial charge in [0.05, 0.1) is 5.54 Å². The first-order valence-corrected chi connectivity index (χ1v) is 9.29. The predicted molar refractivity (Wildman–Crippen MR) is 99.5 cm³/mol. The molecular weight excluding hydrogens is 386 g/mol. The molecule has 0 aliphatic heterocycles. The van der Waals surface area contributed by atoms with E-state index in [0.717, 1.165) is 53.2 Å². The molecule has 0 bridgehead atoms. The monoisotopic (exact) mass is 404 g/mol. The Bertz CT molecular complexity index is 933. The van der Waals surface area contributed by atoms with E-state index in [1.165, 1.54) is 17.7 Å². The molecule has 1 aliphatic carbocycles. The van der Waals surface area contributed by atoms with E-state index in [-0.39, 0.29) is 0 Å². The lowest BCUT2D eigenvalue weighted by atomic mass is 9.77. The lowest BCUT2D eigenvalue weighted by Crippen LogP contribution is -2.40. The molecule has 0 fully saturated rings. The van der Waals surface area contributed by atoms with E-state index in [2.05, 4.69) is 33.0 Å². The maximum absolute atomic E-state index is 13.7. The van der Waals surface area contributed by atoms with E-state index in [1.54, 1.807) is 0 Å². The Morgan fingerprint density at radius 3 is 2.60 bits per heavy atom. The van der Waals surface area contributed by atoms with Crippen molar-refractivity contribution in [3.8, 4) is 0 Å². The number of aromatic nitrogens is 1. The van der Waals surface area contributed by atoms with Crippen molar-refractivity contribution < 1.29 is 8.78 Å². The van der Waals surface area contributed by atoms with Gasteiger partial charge in [0.15, 0.2) is 11.6 Å². The number of nitrogens with one attached hydrogen (secondary N) is 1. The molecular formula is C20H19BrF2N2. The van der Waals surface area contributed by atoms with Gasteiger partial charge in [-0.05, 0) is 61.4 Å². The second-order valence-electron chi connectivity index (χ2n) is 6.93. The minimum Gasteiger partial charge on any atom is -0.357 e. The molecule has 4 rings (SSSR count). The van der Waals surface area contributed by atoms with E-state index in [4.69, 9.17) is 5.73 Å². The van der Waals surface area contributed by atoms with Crippen LogP contribution in [0.25, 0.3) is 10.9 Å². The molecule has 5 heteroatoms. The summed E-state index contributed by atoms with van der Waals surface area (Å²) >= 11 is 3.45. The van der Waals surface area contributed by atoms with E-state index < -0.39 is 17.2 Å². The molecule has 3 aromatic rings. The molecule has 3 N–H and O–H groups in total. The highest BCUT2D eigenvalue weighted by Gasteiger charge is 2.35. The topological polar surface area (TPSA) is 41.8 Å². The molecule has 1 aromatic heterocycles. The molecule has 1 atom stereocenters. The number of halogens is 3. The summed E-state index contributed by atoms with van der Waals surface area (Å²) in [5.74, 6) is -1.64. The predicted octanol–water partition coefficient (Wildman–Crippen LogP) is 5.33. The third-order valence-corrected chi connectivity index (χ3v) is 5.80. The normalized spacial score (nSPS) is 20.0. The highest BCUT2D eigenvalue weighted by Crippen LogP contribution is 2.40. The van der Waals surface area contributed by atoms with Gasteiger partial charge < -0.3 is 10.7 Å². The molecule has 2 nitrogen and oxygen atoms in total. The summed E-state index contributed by atoms with van der Waals surface area (Å²) in [6.07, 6.45) is 4.32. The Kier molecular flexibility index (Phi) is 4.16. The van der Waals surface area contributed by atoms with Crippen LogP contribution in [0.5, 0.6) is 0 Å². The van der Waals surface area contributed by atoms with Gasteiger partial charge in [0, 0.05) is 27.1 Å². The number of aromatic amines is 1. The number of fused-ring (bicyclic) bond motifs is 3. The van der Waals surface area contributed by atoms with Gasteiger partial charge in [-0.2, -0.15) is 0 Å². The lowest BCUT2D eigenvalue weighted by Gasteiger charge is -2.34. The molecule has 1 heterocycles. The van der Waals surface area contributed by atoms with Gasteiger partial charge in [-0.15, -0.1) is 0 Å². The van der Waals surface area contributed by atoms with Crippen molar-refractivity contribution in [2.45, 2.75) is 37.6 Å². The molecule has 0 saturated carbocycles. The van der Waals surface area contributed by atoms with Crippen molar-refractivity contribution in [1.29, 1.82) is 0 Å². The first-order valence-electron chi connectivity index (χ1n) is 8.50. The largest absolute Gasteiger partial charge is 0.357 e. The van der Waals surface area contributed by atoms with Gasteiger partial charge in [0.25, 0.3) is 0 Å². The molecule has 130 valence electrons. The third kappa shape index (κ3) is 3.00. The molecule has 2 aromatic carbocycles. The second-order valence-corrected chi connectivity index (χ2v) is 7.84. The molecule has 0 radical (unpaired) electrons. The molecule has 1 unspecified atom stereocenters. The van der Waals surface area contributed by atoms with Gasteiger partial charge in [-0.25, -0.2) is 8.78 Å². The maximum atomic E-state index is 13.7. The molecule has 0 saturated heterocycles. The van der Waals surface area contributed by atoms with Crippen LogP contribution in [-0.4, -0.2) is 4.98 Å². The number of nitrogens with two attached hydrogens (primary N) is 1. The SMILES string of the molecule is NC1(CCc2ccc(Br)cc2)CCCc2c1[nH]c1cc(F)c(F)cc21. The van der Waals surface area contributed by atoms with Crippen LogP contribution < -0.4 is 5.73 Å². The lowest BCUT2D eigenvalue weighted by molar-refractivity contribution is 0.339. The fraction of sp³-hybridized carbons (Fsp3) is 0.300. The summed E-state index contributed by atoms with van der Waals surface area (Å²) in [4.78, 5) is 3.28. The zero-order chi connectivity index (χ0) is 17.6. The van der Waals surface area contributed by atoms with Crippen LogP contribution in [0.1, 0.15) is 36.1 Å². The summed E-state index contributed by atoms with van der Waals surface area (Å²) in [5, 5.41) is 0.757. The Morgan fingerprint density at radius 1 is 1.12 bits per heavy atom. The van der Waals surface area contributed by atoms with Crippen molar-refractivity contribution in [2.24, 2.45) is 5.73 Å². The van der Waals surface area contributed by atoms with E-state index in [0.29, 0.717) is 5.52 Å². The molecule has 0 spiro atoms. The Hall–Kier alpha value is -1.72. The quantitative estimate of drug-likeness (QED) is 0.608. The summed E-state index contributed by atoms with van der Waals surface area (Å²) in [7, 11) is 0. The minimum atomic E-state index is -0.830. The van der Waals surface area contributed by atoms with Crippen LogP contribution in [0.15, 0.2) is 40.9 Å². The van der Waals surface area contributed by atoms with Crippen LogP contribution in [-0.2, 0) is 18.4 Å². The number of benzene rings is 2. The van der Waals surface area contributed by atoms with E-state index in [9.17, 15) is 8.78 Å². The maximum Gasteiger partial charge on any atom is 0.160 e. The zero-order valence-corrected chi connectivity index (χ0v) is 15.3. The first kappa shape index (κ1) is 16.7. The Balaban J connectivity index is 1.69. The van der Waals surface area contributed by atoms with Crippen LogP contribution in [0.2, 0.25) is 0 Å². The minimum absolute atomic E-state index is 0.493. The van der Waals surface area contributed by atoms with Gasteiger partial charge in [-0.3, -0.25) is 0 Å². The fourth-order valence-electron chi connectivity index (χ4n) is 3.90. The van der Waals surface area contributed by atoms with Crippen LogP contribution in [0, 0.1) is 11.6 Å². The van der Waals surface area contributed by atoms with Gasteiger partial charge >= 0.3 is 0 Å². The van der Waals surface area contributed by atoms with Gasteiger partial charge in [0.2, 0.25) is 0 Å². The summed E-state index contributed by atoms with van der Waals surface area (Å²) < 4.78 is 28.3. The summed E-state index contributed by atoms with van der Waals surface area (Å²) in [6.45, 7) is 0. The average Bonchev–Trinajstić information content (AvgIpc) is 2.94. The number of hydrogen-bond acceptors (Lipinski definition) is 1. The van der Waals surface area contributed by atoms with Crippen molar-refractivity contribution in [3.05, 3.63) is 69.3 Å². The van der Waals surface area contributed by atoms with Crippen molar-refractivity contribution in [2.75, 3.05) is 0 Å². The highest BCUT2D eigenvalue weighted by atomic mass is 79.9. The van der Waals surface area contributed by atoms with Gasteiger partial charge in [-0.1, -0.05) is 28.1 Å². The van der Waals surface area contributed by atoms with Gasteiger partial charge in [0.1, 0.15) is 0 Å². The van der Waals surface area contributed by atoms with E-state index >= 15 is 0 Å². The number of aryl methyl sites for hydroxylation is 2.